The molecule has 1 aliphatic heterocycles. The molecular formula is C28H23F6N3O3. The number of carbonyl (C=O) groups excluding carboxylic acids is 2. The van der Waals surface area contributed by atoms with E-state index in [9.17, 15) is 35.9 Å². The lowest BCUT2D eigenvalue weighted by atomic mass is 9.70. The number of rotatable bonds is 6. The van der Waals surface area contributed by atoms with Crippen LogP contribution in [0.3, 0.4) is 0 Å². The molecule has 2 saturated carbocycles. The molecule has 3 atom stereocenters. The van der Waals surface area contributed by atoms with Gasteiger partial charge in [0, 0.05) is 35.5 Å². The van der Waals surface area contributed by atoms with Crippen LogP contribution in [-0.2, 0) is 11.3 Å². The zero-order valence-electron chi connectivity index (χ0n) is 20.9. The molecule has 0 saturated heterocycles. The summed E-state index contributed by atoms with van der Waals surface area (Å²) < 4.78 is 85.6. The van der Waals surface area contributed by atoms with E-state index in [0.29, 0.717) is 28.7 Å². The summed E-state index contributed by atoms with van der Waals surface area (Å²) in [6.07, 6.45) is -7.37. The zero-order chi connectivity index (χ0) is 28.4. The lowest BCUT2D eigenvalue weighted by molar-refractivity contribution is -0.194. The molecule has 0 radical (unpaired) electrons. The molecule has 2 aliphatic carbocycles. The summed E-state index contributed by atoms with van der Waals surface area (Å²) in [5.74, 6) is -3.94. The highest BCUT2D eigenvalue weighted by atomic mass is 19.4. The maximum absolute atomic E-state index is 13.7. The average molecular weight is 563 g/mol. The number of benzene rings is 2. The first kappa shape index (κ1) is 26.5. The van der Waals surface area contributed by atoms with E-state index in [2.05, 4.69) is 10.2 Å². The van der Waals surface area contributed by atoms with Gasteiger partial charge in [0.1, 0.15) is 11.2 Å². The van der Waals surface area contributed by atoms with Crippen molar-refractivity contribution in [2.24, 2.45) is 11.3 Å². The van der Waals surface area contributed by atoms with E-state index in [0.717, 1.165) is 0 Å². The third-order valence-corrected chi connectivity index (χ3v) is 8.46. The summed E-state index contributed by atoms with van der Waals surface area (Å²) in [4.78, 5) is 28.3. The first-order chi connectivity index (χ1) is 19.0. The Kier molecular flexibility index (Phi) is 6.26. The fourth-order valence-corrected chi connectivity index (χ4v) is 6.18. The second-order valence-electron chi connectivity index (χ2n) is 10.7. The van der Waals surface area contributed by atoms with E-state index in [1.54, 1.807) is 29.2 Å². The molecule has 12 heteroatoms. The second kappa shape index (κ2) is 9.45. The molecule has 1 aromatic heterocycles. The topological polar surface area (TPSA) is 76.3 Å². The highest BCUT2D eigenvalue weighted by Gasteiger charge is 2.69. The maximum Gasteiger partial charge on any atom is 0.401 e. The molecule has 2 aromatic carbocycles. The van der Waals surface area contributed by atoms with Gasteiger partial charge in [0.2, 0.25) is 5.89 Å². The van der Waals surface area contributed by atoms with Gasteiger partial charge in [-0.05, 0) is 67.5 Å². The minimum Gasteiger partial charge on any atom is -0.415 e. The molecule has 1 amide bonds. The minimum absolute atomic E-state index is 0.108. The summed E-state index contributed by atoms with van der Waals surface area (Å²) in [5.41, 5.74) is -0.366. The van der Waals surface area contributed by atoms with Crippen molar-refractivity contribution in [3.05, 3.63) is 70.9 Å². The summed E-state index contributed by atoms with van der Waals surface area (Å²) >= 11 is 0. The van der Waals surface area contributed by atoms with Gasteiger partial charge in [-0.2, -0.15) is 22.0 Å². The predicted molar refractivity (Wildman–Crippen MR) is 128 cm³/mol. The molecule has 6 nitrogen and oxygen atoms in total. The van der Waals surface area contributed by atoms with Crippen molar-refractivity contribution in [3.8, 4) is 11.5 Å². The predicted octanol–water partition coefficient (Wildman–Crippen LogP) is 6.63. The van der Waals surface area contributed by atoms with E-state index < -0.39 is 53.4 Å². The van der Waals surface area contributed by atoms with Crippen molar-refractivity contribution in [1.82, 2.24) is 15.1 Å². The first-order valence-corrected chi connectivity index (χ1v) is 12.9. The number of halogens is 6. The smallest absolute Gasteiger partial charge is 0.401 e. The molecule has 0 spiro atoms. The standard InChI is InChI=1S/C28H23F6N3O3/c29-18-6-3-14(4-7-18)19-11-15(22(38)27(9-10-27)28(32,33)34)5-8-21(19)37-13-17-2-1-16(12-20(17)26(37)39)24-35-36-25(40-24)23(30)31/h1-4,6-7,12,15,19,21,23H,5,8-11,13H2/t15?,19-,21+/m0/s1. The van der Waals surface area contributed by atoms with E-state index in [1.807, 2.05) is 0 Å². The SMILES string of the molecule is O=C1c2cc(-c3nnc(C(F)F)o3)ccc2CN1[C@@H]1CCC(C(=O)C2(C(F)(F)F)CC2)C[C@H]1c1ccc(F)cc1. The Hall–Kier alpha value is -3.70. The van der Waals surface area contributed by atoms with Crippen LogP contribution in [0.15, 0.2) is 46.9 Å². The molecule has 2 heterocycles. The fraction of sp³-hybridized carbons (Fsp3) is 0.429. The summed E-state index contributed by atoms with van der Waals surface area (Å²) in [5, 5.41) is 6.94. The van der Waals surface area contributed by atoms with Crippen LogP contribution < -0.4 is 0 Å². The van der Waals surface area contributed by atoms with Crippen LogP contribution in [0, 0.1) is 17.2 Å². The average Bonchev–Trinajstić information content (AvgIpc) is 3.50. The number of fused-ring (bicyclic) bond motifs is 1. The minimum atomic E-state index is -4.61. The van der Waals surface area contributed by atoms with Crippen LogP contribution in [0.1, 0.15) is 71.8 Å². The van der Waals surface area contributed by atoms with Gasteiger partial charge in [0.15, 0.2) is 5.78 Å². The molecule has 40 heavy (non-hydrogen) atoms. The van der Waals surface area contributed by atoms with Gasteiger partial charge in [0.05, 0.1) is 0 Å². The molecular weight excluding hydrogens is 540 g/mol. The Bertz CT molecular complexity index is 1460. The summed E-state index contributed by atoms with van der Waals surface area (Å²) in [7, 11) is 0. The van der Waals surface area contributed by atoms with Crippen LogP contribution in [0.2, 0.25) is 0 Å². The Morgan fingerprint density at radius 2 is 1.77 bits per heavy atom. The number of hydrogen-bond donors (Lipinski definition) is 0. The zero-order valence-corrected chi connectivity index (χ0v) is 20.9. The number of Topliss-reactive ketones (excluding diaryl/α,β-unsaturated/α-hetero) is 1. The van der Waals surface area contributed by atoms with Crippen molar-refractivity contribution < 1.29 is 40.3 Å². The monoisotopic (exact) mass is 563 g/mol. The van der Waals surface area contributed by atoms with Gasteiger partial charge in [-0.3, -0.25) is 9.59 Å². The van der Waals surface area contributed by atoms with Gasteiger partial charge < -0.3 is 9.32 Å². The van der Waals surface area contributed by atoms with Crippen LogP contribution in [0.5, 0.6) is 0 Å². The van der Waals surface area contributed by atoms with Gasteiger partial charge in [0.25, 0.3) is 11.8 Å². The number of alkyl halides is 5. The van der Waals surface area contributed by atoms with Crippen molar-refractivity contribution in [2.45, 2.75) is 63.2 Å². The van der Waals surface area contributed by atoms with Crippen molar-refractivity contribution in [1.29, 1.82) is 0 Å². The molecule has 210 valence electrons. The number of nitrogens with zero attached hydrogens (tertiary/aromatic N) is 3. The number of amides is 1. The van der Waals surface area contributed by atoms with Crippen molar-refractivity contribution in [2.75, 3.05) is 0 Å². The maximum atomic E-state index is 13.7. The quantitative estimate of drug-likeness (QED) is 0.315. The molecule has 3 aromatic rings. The van der Waals surface area contributed by atoms with Crippen LogP contribution >= 0.6 is 0 Å². The fourth-order valence-electron chi connectivity index (χ4n) is 6.18. The largest absolute Gasteiger partial charge is 0.415 e. The highest BCUT2D eigenvalue weighted by Crippen LogP contribution is 2.60. The third-order valence-electron chi connectivity index (χ3n) is 8.46. The van der Waals surface area contributed by atoms with E-state index >= 15 is 0 Å². The van der Waals surface area contributed by atoms with E-state index in [1.165, 1.54) is 18.2 Å². The second-order valence-corrected chi connectivity index (χ2v) is 10.7. The Morgan fingerprint density at radius 3 is 2.40 bits per heavy atom. The van der Waals surface area contributed by atoms with E-state index in [4.69, 9.17) is 4.42 Å². The van der Waals surface area contributed by atoms with E-state index in [-0.39, 0.29) is 44.0 Å². The lowest BCUT2D eigenvalue weighted by Gasteiger charge is -2.41. The molecule has 0 bridgehead atoms. The molecule has 2 fully saturated rings. The van der Waals surface area contributed by atoms with Crippen molar-refractivity contribution in [3.63, 3.8) is 0 Å². The molecule has 3 aliphatic rings. The van der Waals surface area contributed by atoms with Gasteiger partial charge in [-0.15, -0.1) is 10.2 Å². The van der Waals surface area contributed by atoms with Crippen LogP contribution in [-0.4, -0.2) is 39.0 Å². The summed E-state index contributed by atoms with van der Waals surface area (Å²) in [6, 6.07) is 9.86. The summed E-state index contributed by atoms with van der Waals surface area (Å²) in [6.45, 7) is 0.216. The van der Waals surface area contributed by atoms with Gasteiger partial charge in [-0.1, -0.05) is 18.2 Å². The highest BCUT2D eigenvalue weighted by molar-refractivity contribution is 5.99. The first-order valence-electron chi connectivity index (χ1n) is 12.9. The number of ketones is 1. The van der Waals surface area contributed by atoms with Crippen molar-refractivity contribution >= 4 is 11.7 Å². The molecule has 0 N–H and O–H groups in total. The normalized spacial score (nSPS) is 23.9. The Balaban J connectivity index is 1.28. The van der Waals surface area contributed by atoms with Gasteiger partial charge in [-0.25, -0.2) is 4.39 Å². The third kappa shape index (κ3) is 4.37. The lowest BCUT2D eigenvalue weighted by Crippen LogP contribution is -2.46. The van der Waals surface area contributed by atoms with Crippen LogP contribution in [0.25, 0.3) is 11.5 Å². The Labute approximate surface area is 224 Å². The molecule has 1 unspecified atom stereocenters. The Morgan fingerprint density at radius 1 is 1.05 bits per heavy atom. The molecule has 6 rings (SSSR count). The number of carbonyl (C=O) groups is 2. The number of hydrogen-bond acceptors (Lipinski definition) is 5. The number of aromatic nitrogens is 2. The van der Waals surface area contributed by atoms with Gasteiger partial charge >= 0.3 is 12.6 Å². The van der Waals surface area contributed by atoms with Crippen LogP contribution in [0.4, 0.5) is 26.3 Å².